The lowest BCUT2D eigenvalue weighted by Crippen LogP contribution is -2.33. The molecule has 0 aromatic heterocycles. The molecular formula is C13H15BrFNO. The molecule has 0 heterocycles. The largest absolute Gasteiger partial charge is 0.349 e. The quantitative estimate of drug-likeness (QED) is 0.890. The number of hydrogen-bond acceptors (Lipinski definition) is 1. The molecule has 2 nitrogen and oxygen atoms in total. The lowest BCUT2D eigenvalue weighted by molar-refractivity contribution is 0.0933. The highest BCUT2D eigenvalue weighted by atomic mass is 79.9. The predicted octanol–water partition coefficient (Wildman–Crippen LogP) is 3.51. The third-order valence-corrected chi connectivity index (χ3v) is 3.70. The fourth-order valence-electron chi connectivity index (χ4n) is 2.27. The Morgan fingerprint density at radius 2 is 2.24 bits per heavy atom. The molecule has 0 aliphatic heterocycles. The predicted molar refractivity (Wildman–Crippen MR) is 68.4 cm³/mol. The summed E-state index contributed by atoms with van der Waals surface area (Å²) in [5.41, 5.74) is 0.118. The van der Waals surface area contributed by atoms with Crippen molar-refractivity contribution in [2.45, 2.75) is 32.2 Å². The van der Waals surface area contributed by atoms with E-state index in [0.717, 1.165) is 19.3 Å². The van der Waals surface area contributed by atoms with E-state index >= 15 is 0 Å². The summed E-state index contributed by atoms with van der Waals surface area (Å²) in [6.45, 7) is 2.17. The Morgan fingerprint density at radius 3 is 2.82 bits per heavy atom. The van der Waals surface area contributed by atoms with Crippen molar-refractivity contribution in [1.29, 1.82) is 0 Å². The summed E-state index contributed by atoms with van der Waals surface area (Å²) in [6.07, 6.45) is 3.11. The minimum Gasteiger partial charge on any atom is -0.349 e. The van der Waals surface area contributed by atoms with Gasteiger partial charge in [0, 0.05) is 10.5 Å². The van der Waals surface area contributed by atoms with Crippen LogP contribution in [0.4, 0.5) is 4.39 Å². The molecule has 17 heavy (non-hydrogen) atoms. The summed E-state index contributed by atoms with van der Waals surface area (Å²) in [7, 11) is 0. The zero-order valence-electron chi connectivity index (χ0n) is 9.67. The van der Waals surface area contributed by atoms with Crippen molar-refractivity contribution < 1.29 is 9.18 Å². The van der Waals surface area contributed by atoms with Crippen LogP contribution >= 0.6 is 15.9 Å². The number of amides is 1. The standard InChI is InChI=1S/C13H15BrFNO/c1-8-2-4-10(6-8)16-13(17)11-5-3-9(14)7-12(11)15/h3,5,7-8,10H,2,4,6H2,1H3,(H,16,17). The normalized spacial score (nSPS) is 23.7. The molecule has 1 saturated carbocycles. The number of carbonyl (C=O) groups excluding carboxylic acids is 1. The van der Waals surface area contributed by atoms with Crippen LogP contribution in [-0.4, -0.2) is 11.9 Å². The number of rotatable bonds is 2. The van der Waals surface area contributed by atoms with Gasteiger partial charge in [0.25, 0.3) is 5.91 Å². The van der Waals surface area contributed by atoms with Crippen molar-refractivity contribution in [2.75, 3.05) is 0 Å². The third-order valence-electron chi connectivity index (χ3n) is 3.21. The molecule has 2 unspecified atom stereocenters. The number of hydrogen-bond donors (Lipinski definition) is 1. The van der Waals surface area contributed by atoms with Crippen molar-refractivity contribution in [3.8, 4) is 0 Å². The van der Waals surface area contributed by atoms with Crippen molar-refractivity contribution in [3.63, 3.8) is 0 Å². The van der Waals surface area contributed by atoms with Crippen LogP contribution in [0.15, 0.2) is 22.7 Å². The highest BCUT2D eigenvalue weighted by molar-refractivity contribution is 9.10. The van der Waals surface area contributed by atoms with Crippen LogP contribution in [-0.2, 0) is 0 Å². The van der Waals surface area contributed by atoms with E-state index in [1.807, 2.05) is 0 Å². The molecule has 1 aliphatic carbocycles. The molecule has 0 radical (unpaired) electrons. The van der Waals surface area contributed by atoms with E-state index in [4.69, 9.17) is 0 Å². The van der Waals surface area contributed by atoms with Crippen LogP contribution < -0.4 is 5.32 Å². The highest BCUT2D eigenvalue weighted by Gasteiger charge is 2.24. The van der Waals surface area contributed by atoms with Gasteiger partial charge in [0.15, 0.2) is 0 Å². The molecule has 1 N–H and O–H groups in total. The Balaban J connectivity index is 2.04. The average molecular weight is 300 g/mol. The molecule has 1 aromatic rings. The molecule has 0 bridgehead atoms. The third kappa shape index (κ3) is 3.06. The molecular weight excluding hydrogens is 285 g/mol. The van der Waals surface area contributed by atoms with Crippen LogP contribution in [0.2, 0.25) is 0 Å². The van der Waals surface area contributed by atoms with Gasteiger partial charge in [-0.1, -0.05) is 22.9 Å². The van der Waals surface area contributed by atoms with Crippen molar-refractivity contribution in [2.24, 2.45) is 5.92 Å². The molecule has 0 spiro atoms. The number of benzene rings is 1. The summed E-state index contributed by atoms with van der Waals surface area (Å²) in [5.74, 6) is -0.146. The van der Waals surface area contributed by atoms with E-state index in [0.29, 0.717) is 10.4 Å². The first-order chi connectivity index (χ1) is 8.06. The maximum Gasteiger partial charge on any atom is 0.254 e. The summed E-state index contributed by atoms with van der Waals surface area (Å²) in [6, 6.07) is 4.69. The summed E-state index contributed by atoms with van der Waals surface area (Å²) < 4.78 is 14.2. The highest BCUT2D eigenvalue weighted by Crippen LogP contribution is 2.25. The second-order valence-electron chi connectivity index (χ2n) is 4.71. The SMILES string of the molecule is CC1CCC(NC(=O)c2ccc(Br)cc2F)C1. The van der Waals surface area contributed by atoms with Gasteiger partial charge in [-0.15, -0.1) is 0 Å². The molecule has 2 atom stereocenters. The summed E-state index contributed by atoms with van der Waals surface area (Å²) in [5, 5.41) is 2.89. The van der Waals surface area contributed by atoms with Gasteiger partial charge < -0.3 is 5.32 Å². The second-order valence-corrected chi connectivity index (χ2v) is 5.63. The van der Waals surface area contributed by atoms with E-state index < -0.39 is 5.82 Å². The summed E-state index contributed by atoms with van der Waals surface area (Å²) >= 11 is 3.17. The number of nitrogens with one attached hydrogen (secondary N) is 1. The Bertz CT molecular complexity index is 435. The number of carbonyl (C=O) groups is 1. The molecule has 1 aliphatic rings. The van der Waals surface area contributed by atoms with Crippen LogP contribution in [0.25, 0.3) is 0 Å². The lowest BCUT2D eigenvalue weighted by atomic mass is 10.1. The van der Waals surface area contributed by atoms with Gasteiger partial charge in [-0.25, -0.2) is 4.39 Å². The van der Waals surface area contributed by atoms with E-state index in [1.165, 1.54) is 12.1 Å². The first-order valence-electron chi connectivity index (χ1n) is 5.82. The smallest absolute Gasteiger partial charge is 0.254 e. The zero-order valence-corrected chi connectivity index (χ0v) is 11.3. The van der Waals surface area contributed by atoms with E-state index in [1.54, 1.807) is 6.07 Å². The van der Waals surface area contributed by atoms with Gasteiger partial charge in [-0.2, -0.15) is 0 Å². The molecule has 1 aromatic carbocycles. The van der Waals surface area contributed by atoms with Gasteiger partial charge in [0.05, 0.1) is 5.56 Å². The minimum atomic E-state index is -0.483. The topological polar surface area (TPSA) is 29.1 Å². The first kappa shape index (κ1) is 12.6. The molecule has 4 heteroatoms. The molecule has 1 fully saturated rings. The van der Waals surface area contributed by atoms with Crippen molar-refractivity contribution in [1.82, 2.24) is 5.32 Å². The van der Waals surface area contributed by atoms with Gasteiger partial charge >= 0.3 is 0 Å². The van der Waals surface area contributed by atoms with Crippen LogP contribution in [0, 0.1) is 11.7 Å². The molecule has 2 rings (SSSR count). The van der Waals surface area contributed by atoms with Crippen LogP contribution in [0.5, 0.6) is 0 Å². The van der Waals surface area contributed by atoms with Gasteiger partial charge in [0.2, 0.25) is 0 Å². The molecule has 1 amide bonds. The molecule has 92 valence electrons. The van der Waals surface area contributed by atoms with E-state index in [2.05, 4.69) is 28.2 Å². The second kappa shape index (κ2) is 5.17. The molecule has 0 saturated heterocycles. The van der Waals surface area contributed by atoms with Gasteiger partial charge in [-0.3, -0.25) is 4.79 Å². The summed E-state index contributed by atoms with van der Waals surface area (Å²) in [4.78, 5) is 11.9. The number of halogens is 2. The van der Waals surface area contributed by atoms with Crippen LogP contribution in [0.1, 0.15) is 36.5 Å². The Morgan fingerprint density at radius 1 is 1.47 bits per heavy atom. The maximum atomic E-state index is 13.6. The fraction of sp³-hybridized carbons (Fsp3) is 0.462. The minimum absolute atomic E-state index is 0.118. The van der Waals surface area contributed by atoms with Gasteiger partial charge in [-0.05, 0) is 43.4 Å². The van der Waals surface area contributed by atoms with Crippen LogP contribution in [0.3, 0.4) is 0 Å². The van der Waals surface area contributed by atoms with Gasteiger partial charge in [0.1, 0.15) is 5.82 Å². The maximum absolute atomic E-state index is 13.6. The Kier molecular flexibility index (Phi) is 3.82. The van der Waals surface area contributed by atoms with Crippen molar-refractivity contribution >= 4 is 21.8 Å². The first-order valence-corrected chi connectivity index (χ1v) is 6.61. The van der Waals surface area contributed by atoms with E-state index in [9.17, 15) is 9.18 Å². The fourth-order valence-corrected chi connectivity index (χ4v) is 2.61. The Labute approximate surface area is 109 Å². The Hall–Kier alpha value is -0.900. The van der Waals surface area contributed by atoms with Crippen molar-refractivity contribution in [3.05, 3.63) is 34.1 Å². The zero-order chi connectivity index (χ0) is 12.4. The monoisotopic (exact) mass is 299 g/mol. The van der Waals surface area contributed by atoms with E-state index in [-0.39, 0.29) is 17.5 Å². The average Bonchev–Trinajstić information content (AvgIpc) is 2.63. The lowest BCUT2D eigenvalue weighted by Gasteiger charge is -2.12.